The third-order valence-electron chi connectivity index (χ3n) is 2.33. The third kappa shape index (κ3) is 6.34. The molecule has 0 radical (unpaired) electrons. The summed E-state index contributed by atoms with van der Waals surface area (Å²) in [6.07, 6.45) is 0.364. The fourth-order valence-electron chi connectivity index (χ4n) is 1.57. The smallest absolute Gasteiger partial charge is 0.219 e. The Hall–Kier alpha value is -1.00. The SMILES string of the molecule is CC(C)(CC(N)=O)NCCSc1ccccc1. The molecular formula is C13H20N2OS. The summed E-state index contributed by atoms with van der Waals surface area (Å²) in [6.45, 7) is 4.84. The lowest BCUT2D eigenvalue weighted by molar-refractivity contribution is -0.119. The fraction of sp³-hybridized carbons (Fsp3) is 0.462. The van der Waals surface area contributed by atoms with Gasteiger partial charge in [0.25, 0.3) is 0 Å². The average molecular weight is 252 g/mol. The van der Waals surface area contributed by atoms with Crippen LogP contribution in [0.25, 0.3) is 0 Å². The van der Waals surface area contributed by atoms with E-state index < -0.39 is 0 Å². The van der Waals surface area contributed by atoms with Gasteiger partial charge in [-0.15, -0.1) is 11.8 Å². The second-order valence-electron chi connectivity index (χ2n) is 4.62. The number of amides is 1. The normalized spacial score (nSPS) is 11.4. The van der Waals surface area contributed by atoms with Crippen molar-refractivity contribution in [3.8, 4) is 0 Å². The number of benzene rings is 1. The molecule has 3 N–H and O–H groups in total. The average Bonchev–Trinajstić information content (AvgIpc) is 2.24. The quantitative estimate of drug-likeness (QED) is 0.576. The molecular weight excluding hydrogens is 232 g/mol. The minimum absolute atomic E-state index is 0.219. The number of hydrogen-bond acceptors (Lipinski definition) is 3. The zero-order valence-corrected chi connectivity index (χ0v) is 11.2. The number of carbonyl (C=O) groups is 1. The van der Waals surface area contributed by atoms with Crippen LogP contribution in [0.4, 0.5) is 0 Å². The van der Waals surface area contributed by atoms with Gasteiger partial charge in [-0.25, -0.2) is 0 Å². The second-order valence-corrected chi connectivity index (χ2v) is 5.78. The zero-order chi connectivity index (χ0) is 12.7. The van der Waals surface area contributed by atoms with Gasteiger partial charge in [0.15, 0.2) is 0 Å². The van der Waals surface area contributed by atoms with Crippen LogP contribution in [0.15, 0.2) is 35.2 Å². The summed E-state index contributed by atoms with van der Waals surface area (Å²) < 4.78 is 0. The third-order valence-corrected chi connectivity index (χ3v) is 3.35. The van der Waals surface area contributed by atoms with Crippen molar-refractivity contribution >= 4 is 17.7 Å². The van der Waals surface area contributed by atoms with Crippen LogP contribution in [-0.4, -0.2) is 23.7 Å². The van der Waals surface area contributed by atoms with Crippen LogP contribution in [0, 0.1) is 0 Å². The molecule has 0 bridgehead atoms. The molecule has 0 unspecified atom stereocenters. The van der Waals surface area contributed by atoms with Crippen LogP contribution in [-0.2, 0) is 4.79 Å². The highest BCUT2D eigenvalue weighted by atomic mass is 32.2. The molecule has 1 amide bonds. The first kappa shape index (κ1) is 14.1. The van der Waals surface area contributed by atoms with E-state index in [0.29, 0.717) is 6.42 Å². The van der Waals surface area contributed by atoms with Gasteiger partial charge in [-0.1, -0.05) is 18.2 Å². The Labute approximate surface area is 107 Å². The largest absolute Gasteiger partial charge is 0.370 e. The van der Waals surface area contributed by atoms with Crippen LogP contribution in [0.1, 0.15) is 20.3 Å². The summed E-state index contributed by atoms with van der Waals surface area (Å²) >= 11 is 1.80. The van der Waals surface area contributed by atoms with E-state index >= 15 is 0 Å². The standard InChI is InChI=1S/C13H20N2OS/c1-13(2,10-12(14)16)15-8-9-17-11-6-4-3-5-7-11/h3-7,15H,8-10H2,1-2H3,(H2,14,16). The van der Waals surface area contributed by atoms with E-state index in [0.717, 1.165) is 12.3 Å². The molecule has 0 aliphatic rings. The lowest BCUT2D eigenvalue weighted by Crippen LogP contribution is -2.43. The maximum absolute atomic E-state index is 10.8. The van der Waals surface area contributed by atoms with Gasteiger partial charge in [-0.05, 0) is 26.0 Å². The van der Waals surface area contributed by atoms with Crippen molar-refractivity contribution in [3.05, 3.63) is 30.3 Å². The van der Waals surface area contributed by atoms with E-state index in [9.17, 15) is 4.79 Å². The maximum atomic E-state index is 10.8. The molecule has 1 aromatic rings. The van der Waals surface area contributed by atoms with Crippen molar-refractivity contribution in [2.24, 2.45) is 5.73 Å². The summed E-state index contributed by atoms with van der Waals surface area (Å²) in [7, 11) is 0. The number of nitrogens with two attached hydrogens (primary N) is 1. The first-order valence-electron chi connectivity index (χ1n) is 5.71. The van der Waals surface area contributed by atoms with E-state index in [1.165, 1.54) is 4.90 Å². The topological polar surface area (TPSA) is 55.1 Å². The highest BCUT2D eigenvalue weighted by molar-refractivity contribution is 7.99. The van der Waals surface area contributed by atoms with E-state index in [4.69, 9.17) is 5.73 Å². The van der Waals surface area contributed by atoms with Gasteiger partial charge in [0.1, 0.15) is 0 Å². The van der Waals surface area contributed by atoms with E-state index in [1.54, 1.807) is 11.8 Å². The van der Waals surface area contributed by atoms with Crippen molar-refractivity contribution in [2.75, 3.05) is 12.3 Å². The molecule has 94 valence electrons. The van der Waals surface area contributed by atoms with Gasteiger partial charge in [-0.3, -0.25) is 4.79 Å². The number of hydrogen-bond donors (Lipinski definition) is 2. The van der Waals surface area contributed by atoms with Gasteiger partial charge < -0.3 is 11.1 Å². The predicted molar refractivity (Wildman–Crippen MR) is 73.1 cm³/mol. The second kappa shape index (κ2) is 6.67. The Bertz CT molecular complexity index is 352. The molecule has 3 nitrogen and oxygen atoms in total. The maximum Gasteiger partial charge on any atom is 0.219 e. The van der Waals surface area contributed by atoms with Crippen molar-refractivity contribution < 1.29 is 4.79 Å². The molecule has 0 spiro atoms. The number of thioether (sulfide) groups is 1. The van der Waals surface area contributed by atoms with Crippen LogP contribution in [0.3, 0.4) is 0 Å². The molecule has 1 rings (SSSR count). The van der Waals surface area contributed by atoms with Crippen molar-refractivity contribution in [1.82, 2.24) is 5.32 Å². The summed E-state index contributed by atoms with van der Waals surface area (Å²) in [5, 5.41) is 3.34. The number of nitrogens with one attached hydrogen (secondary N) is 1. The monoisotopic (exact) mass is 252 g/mol. The lowest BCUT2D eigenvalue weighted by atomic mass is 10.0. The Morgan fingerprint density at radius 1 is 1.35 bits per heavy atom. The number of primary amides is 1. The van der Waals surface area contributed by atoms with Gasteiger partial charge in [0.2, 0.25) is 5.91 Å². The van der Waals surface area contributed by atoms with Crippen molar-refractivity contribution in [1.29, 1.82) is 0 Å². The Morgan fingerprint density at radius 3 is 2.59 bits per heavy atom. The van der Waals surface area contributed by atoms with E-state index in [1.807, 2.05) is 32.0 Å². The molecule has 0 aliphatic carbocycles. The highest BCUT2D eigenvalue weighted by Crippen LogP contribution is 2.16. The molecule has 0 aromatic heterocycles. The minimum atomic E-state index is -0.266. The van der Waals surface area contributed by atoms with Crippen LogP contribution in [0.2, 0.25) is 0 Å². The number of rotatable bonds is 7. The van der Waals surface area contributed by atoms with Gasteiger partial charge >= 0.3 is 0 Å². The van der Waals surface area contributed by atoms with Crippen LogP contribution < -0.4 is 11.1 Å². The molecule has 0 saturated carbocycles. The fourth-order valence-corrected chi connectivity index (χ4v) is 2.36. The predicted octanol–water partition coefficient (Wildman–Crippen LogP) is 2.02. The van der Waals surface area contributed by atoms with E-state index in [-0.39, 0.29) is 11.4 Å². The zero-order valence-electron chi connectivity index (χ0n) is 10.4. The molecule has 0 saturated heterocycles. The molecule has 4 heteroatoms. The molecule has 1 aromatic carbocycles. The molecule has 0 aliphatic heterocycles. The summed E-state index contributed by atoms with van der Waals surface area (Å²) in [5.74, 6) is 0.713. The molecule has 0 fully saturated rings. The minimum Gasteiger partial charge on any atom is -0.370 e. The Kier molecular flexibility index (Phi) is 5.51. The first-order chi connectivity index (χ1) is 7.99. The number of carbonyl (C=O) groups excluding carboxylic acids is 1. The summed E-state index contributed by atoms with van der Waals surface area (Å²) in [4.78, 5) is 12.1. The molecule has 17 heavy (non-hydrogen) atoms. The molecule has 0 atom stereocenters. The van der Waals surface area contributed by atoms with Crippen LogP contribution >= 0.6 is 11.8 Å². The summed E-state index contributed by atoms with van der Waals surface area (Å²) in [6, 6.07) is 10.3. The van der Waals surface area contributed by atoms with Gasteiger partial charge in [0.05, 0.1) is 0 Å². The highest BCUT2D eigenvalue weighted by Gasteiger charge is 2.18. The van der Waals surface area contributed by atoms with Crippen molar-refractivity contribution in [3.63, 3.8) is 0 Å². The van der Waals surface area contributed by atoms with Crippen molar-refractivity contribution in [2.45, 2.75) is 30.7 Å². The first-order valence-corrected chi connectivity index (χ1v) is 6.69. The van der Waals surface area contributed by atoms with Gasteiger partial charge in [-0.2, -0.15) is 0 Å². The Morgan fingerprint density at radius 2 is 2.00 bits per heavy atom. The molecule has 0 heterocycles. The lowest BCUT2D eigenvalue weighted by Gasteiger charge is -2.24. The van der Waals surface area contributed by atoms with Crippen LogP contribution in [0.5, 0.6) is 0 Å². The van der Waals surface area contributed by atoms with E-state index in [2.05, 4.69) is 17.4 Å². The Balaban J connectivity index is 2.22. The summed E-state index contributed by atoms with van der Waals surface area (Å²) in [5.41, 5.74) is 4.97. The van der Waals surface area contributed by atoms with Gasteiger partial charge in [0, 0.05) is 29.2 Å².